The molecule has 0 spiro atoms. The van der Waals surface area contributed by atoms with Crippen LogP contribution in [0.1, 0.15) is 39.0 Å². The van der Waals surface area contributed by atoms with Crippen LogP contribution in [0.2, 0.25) is 0 Å². The fourth-order valence-corrected chi connectivity index (χ4v) is 4.09. The Morgan fingerprint density at radius 1 is 1.29 bits per heavy atom. The van der Waals surface area contributed by atoms with Gasteiger partial charge in [0.1, 0.15) is 4.66 Å². The van der Waals surface area contributed by atoms with Gasteiger partial charge in [0.05, 0.1) is 0 Å². The van der Waals surface area contributed by atoms with Gasteiger partial charge >= 0.3 is 0 Å². The number of alkyl halides is 1. The molecule has 0 aromatic heterocycles. The SMILES string of the molecule is CCN(C1CCCCC1)S(=O)(=O)CBr. The van der Waals surface area contributed by atoms with Crippen molar-refractivity contribution in [3.63, 3.8) is 0 Å². The molecule has 0 amide bonds. The summed E-state index contributed by atoms with van der Waals surface area (Å²) in [7, 11) is -3.06. The van der Waals surface area contributed by atoms with Crippen molar-refractivity contribution in [1.29, 1.82) is 0 Å². The third kappa shape index (κ3) is 2.94. The maximum absolute atomic E-state index is 11.7. The predicted octanol–water partition coefficient (Wildman–Crippen LogP) is 2.32. The number of halogens is 1. The van der Waals surface area contributed by atoms with E-state index in [0.717, 1.165) is 12.8 Å². The Hall–Kier alpha value is 0.390. The summed E-state index contributed by atoms with van der Waals surface area (Å²) >= 11 is 3.05. The Morgan fingerprint density at radius 3 is 2.29 bits per heavy atom. The number of sulfonamides is 1. The minimum Gasteiger partial charge on any atom is -0.211 e. The Balaban J connectivity index is 2.70. The summed E-state index contributed by atoms with van der Waals surface area (Å²) < 4.78 is 25.1. The van der Waals surface area contributed by atoms with E-state index in [1.165, 1.54) is 19.3 Å². The number of hydrogen-bond donors (Lipinski definition) is 0. The summed E-state index contributed by atoms with van der Waals surface area (Å²) in [4.78, 5) is 0. The molecular weight excluding hydrogens is 266 g/mol. The first-order valence-corrected chi connectivity index (χ1v) is 7.90. The van der Waals surface area contributed by atoms with Gasteiger partial charge in [-0.25, -0.2) is 8.42 Å². The quantitative estimate of drug-likeness (QED) is 0.743. The zero-order chi connectivity index (χ0) is 10.6. The van der Waals surface area contributed by atoms with Crippen LogP contribution in [-0.4, -0.2) is 30.0 Å². The number of hydrogen-bond acceptors (Lipinski definition) is 2. The Kier molecular flexibility index (Phi) is 4.87. The molecule has 1 saturated carbocycles. The van der Waals surface area contributed by atoms with E-state index in [2.05, 4.69) is 15.9 Å². The molecule has 0 atom stereocenters. The molecular formula is C9H18BrNO2S. The second-order valence-electron chi connectivity index (χ2n) is 3.72. The van der Waals surface area contributed by atoms with Gasteiger partial charge in [-0.05, 0) is 12.8 Å². The highest BCUT2D eigenvalue weighted by Gasteiger charge is 2.28. The van der Waals surface area contributed by atoms with E-state index in [1.54, 1.807) is 4.31 Å². The van der Waals surface area contributed by atoms with Crippen LogP contribution in [0, 0.1) is 0 Å². The smallest absolute Gasteiger partial charge is 0.211 e. The van der Waals surface area contributed by atoms with E-state index < -0.39 is 10.0 Å². The van der Waals surface area contributed by atoms with Crippen molar-refractivity contribution in [2.75, 3.05) is 11.2 Å². The van der Waals surface area contributed by atoms with Gasteiger partial charge in [-0.1, -0.05) is 42.1 Å². The minimum absolute atomic E-state index is 0.0460. The summed E-state index contributed by atoms with van der Waals surface area (Å²) in [5, 5.41) is 0. The van der Waals surface area contributed by atoms with Crippen LogP contribution in [0.25, 0.3) is 0 Å². The maximum atomic E-state index is 11.7. The highest BCUT2D eigenvalue weighted by Crippen LogP contribution is 2.25. The lowest BCUT2D eigenvalue weighted by molar-refractivity contribution is 0.262. The second kappa shape index (κ2) is 5.47. The van der Waals surface area contributed by atoms with E-state index in [-0.39, 0.29) is 10.7 Å². The zero-order valence-corrected chi connectivity index (χ0v) is 11.0. The van der Waals surface area contributed by atoms with Crippen LogP contribution >= 0.6 is 15.9 Å². The molecule has 3 nitrogen and oxygen atoms in total. The predicted molar refractivity (Wildman–Crippen MR) is 62.0 cm³/mol. The molecule has 84 valence electrons. The van der Waals surface area contributed by atoms with Gasteiger partial charge in [-0.3, -0.25) is 0 Å². The van der Waals surface area contributed by atoms with E-state index >= 15 is 0 Å². The van der Waals surface area contributed by atoms with Crippen LogP contribution < -0.4 is 0 Å². The molecule has 0 aromatic rings. The van der Waals surface area contributed by atoms with E-state index in [4.69, 9.17) is 0 Å². The van der Waals surface area contributed by atoms with Crippen LogP contribution in [0.4, 0.5) is 0 Å². The average Bonchev–Trinajstić information content (AvgIpc) is 2.20. The summed E-state index contributed by atoms with van der Waals surface area (Å²) in [5.74, 6) is 0. The highest BCUT2D eigenvalue weighted by atomic mass is 79.9. The molecule has 0 radical (unpaired) electrons. The molecule has 0 saturated heterocycles. The monoisotopic (exact) mass is 283 g/mol. The van der Waals surface area contributed by atoms with Gasteiger partial charge in [0.2, 0.25) is 10.0 Å². The van der Waals surface area contributed by atoms with Gasteiger partial charge in [0.15, 0.2) is 0 Å². The van der Waals surface area contributed by atoms with Crippen molar-refractivity contribution < 1.29 is 8.42 Å². The van der Waals surface area contributed by atoms with Gasteiger partial charge in [-0.2, -0.15) is 4.31 Å². The third-order valence-electron chi connectivity index (χ3n) is 2.79. The van der Waals surface area contributed by atoms with Crippen molar-refractivity contribution >= 4 is 26.0 Å². The van der Waals surface area contributed by atoms with Gasteiger partial charge in [0.25, 0.3) is 0 Å². The fourth-order valence-electron chi connectivity index (χ4n) is 2.11. The zero-order valence-electron chi connectivity index (χ0n) is 8.58. The number of nitrogens with zero attached hydrogens (tertiary/aromatic N) is 1. The van der Waals surface area contributed by atoms with Crippen LogP contribution in [0.5, 0.6) is 0 Å². The summed E-state index contributed by atoms with van der Waals surface area (Å²) in [6, 6.07) is 0.247. The molecule has 1 aliphatic rings. The Bertz CT molecular complexity index is 260. The molecule has 1 aliphatic carbocycles. The Morgan fingerprint density at radius 2 is 1.86 bits per heavy atom. The van der Waals surface area contributed by atoms with Gasteiger partial charge in [-0.15, -0.1) is 0 Å². The van der Waals surface area contributed by atoms with E-state index in [1.807, 2.05) is 6.92 Å². The molecule has 0 N–H and O–H groups in total. The first kappa shape index (κ1) is 12.5. The van der Waals surface area contributed by atoms with Crippen molar-refractivity contribution in [3.8, 4) is 0 Å². The lowest BCUT2D eigenvalue weighted by Crippen LogP contribution is -2.41. The maximum Gasteiger partial charge on any atom is 0.224 e. The number of rotatable bonds is 4. The van der Waals surface area contributed by atoms with Crippen molar-refractivity contribution in [1.82, 2.24) is 4.31 Å². The summed E-state index contributed by atoms with van der Waals surface area (Å²) in [6.45, 7) is 2.51. The molecule has 1 fully saturated rings. The normalized spacial score (nSPS) is 20.2. The van der Waals surface area contributed by atoms with Gasteiger partial charge < -0.3 is 0 Å². The standard InChI is InChI=1S/C9H18BrNO2S/c1-2-11(14(12,13)8-10)9-6-4-3-5-7-9/h9H,2-8H2,1H3. The molecule has 0 aromatic carbocycles. The lowest BCUT2D eigenvalue weighted by atomic mass is 9.95. The van der Waals surface area contributed by atoms with Crippen LogP contribution in [-0.2, 0) is 10.0 Å². The highest BCUT2D eigenvalue weighted by molar-refractivity contribution is 9.10. The molecule has 5 heteroatoms. The van der Waals surface area contributed by atoms with Crippen molar-refractivity contribution in [2.45, 2.75) is 45.1 Å². The third-order valence-corrected chi connectivity index (χ3v) is 6.07. The molecule has 14 heavy (non-hydrogen) atoms. The molecule has 0 unspecified atom stereocenters. The topological polar surface area (TPSA) is 37.4 Å². The largest absolute Gasteiger partial charge is 0.224 e. The summed E-state index contributed by atoms with van der Waals surface area (Å²) in [5.41, 5.74) is 0. The first-order chi connectivity index (χ1) is 6.61. The average molecular weight is 284 g/mol. The fraction of sp³-hybridized carbons (Fsp3) is 1.00. The lowest BCUT2D eigenvalue weighted by Gasteiger charge is -2.31. The summed E-state index contributed by atoms with van der Waals surface area (Å²) in [6.07, 6.45) is 5.64. The van der Waals surface area contributed by atoms with Crippen LogP contribution in [0.3, 0.4) is 0 Å². The minimum atomic E-state index is -3.06. The molecule has 0 aliphatic heterocycles. The van der Waals surface area contributed by atoms with Crippen LogP contribution in [0.15, 0.2) is 0 Å². The van der Waals surface area contributed by atoms with Gasteiger partial charge in [0, 0.05) is 12.6 Å². The molecule has 0 heterocycles. The molecule has 0 bridgehead atoms. The van der Waals surface area contributed by atoms with Crippen molar-refractivity contribution in [3.05, 3.63) is 0 Å². The first-order valence-electron chi connectivity index (χ1n) is 5.17. The van der Waals surface area contributed by atoms with E-state index in [9.17, 15) is 8.42 Å². The van der Waals surface area contributed by atoms with E-state index in [0.29, 0.717) is 6.54 Å². The van der Waals surface area contributed by atoms with Crippen molar-refractivity contribution in [2.24, 2.45) is 0 Å². The molecule has 1 rings (SSSR count). The second-order valence-corrected chi connectivity index (χ2v) is 6.94. The Labute approximate surface area is 95.0 Å².